The fourth-order valence-electron chi connectivity index (χ4n) is 3.61. The van der Waals surface area contributed by atoms with Gasteiger partial charge in [0.25, 0.3) is 15.9 Å². The minimum Gasteiger partial charge on any atom is -0.349 e. The van der Waals surface area contributed by atoms with Crippen molar-refractivity contribution in [1.29, 1.82) is 0 Å². The molecular formula is C18H28N2O3S2. The molecule has 25 heavy (non-hydrogen) atoms. The lowest BCUT2D eigenvalue weighted by molar-refractivity contribution is 0.0937. The first-order valence-corrected chi connectivity index (χ1v) is 11.6. The van der Waals surface area contributed by atoms with Crippen molar-refractivity contribution in [3.63, 3.8) is 0 Å². The highest BCUT2D eigenvalue weighted by atomic mass is 32.2. The zero-order valence-electron chi connectivity index (χ0n) is 14.9. The number of amides is 1. The normalized spacial score (nSPS) is 21.8. The molecule has 1 amide bonds. The van der Waals surface area contributed by atoms with Crippen LogP contribution in [0.25, 0.3) is 0 Å². The van der Waals surface area contributed by atoms with Crippen LogP contribution in [0, 0.1) is 5.92 Å². The Hall–Kier alpha value is -0.920. The number of rotatable bonds is 4. The Bertz CT molecular complexity index is 683. The summed E-state index contributed by atoms with van der Waals surface area (Å²) in [5.74, 6) is 0.446. The summed E-state index contributed by atoms with van der Waals surface area (Å²) in [7, 11) is -3.47. The predicted molar refractivity (Wildman–Crippen MR) is 100 cm³/mol. The molecular weight excluding hydrogens is 356 g/mol. The third-order valence-corrected chi connectivity index (χ3v) is 8.78. The van der Waals surface area contributed by atoms with Crippen molar-refractivity contribution >= 4 is 27.3 Å². The summed E-state index contributed by atoms with van der Waals surface area (Å²) in [6.45, 7) is 3.31. The second-order valence-corrected chi connectivity index (χ2v) is 10.6. The van der Waals surface area contributed by atoms with Crippen LogP contribution in [0.1, 0.15) is 68.0 Å². The number of carbonyl (C=O) groups excluding carboxylic acids is 1. The minimum atomic E-state index is -3.47. The van der Waals surface area contributed by atoms with Crippen molar-refractivity contribution in [2.75, 3.05) is 13.1 Å². The monoisotopic (exact) mass is 384 g/mol. The third kappa shape index (κ3) is 4.63. The number of sulfonamides is 1. The molecule has 0 spiro atoms. The maximum absolute atomic E-state index is 12.8. The van der Waals surface area contributed by atoms with E-state index in [1.165, 1.54) is 12.8 Å². The second-order valence-electron chi connectivity index (χ2n) is 7.37. The zero-order valence-corrected chi connectivity index (χ0v) is 16.5. The molecule has 2 aliphatic rings. The molecule has 7 heteroatoms. The van der Waals surface area contributed by atoms with E-state index in [1.54, 1.807) is 16.4 Å². The summed E-state index contributed by atoms with van der Waals surface area (Å²) in [5.41, 5.74) is 0. The van der Waals surface area contributed by atoms with Crippen molar-refractivity contribution in [3.05, 3.63) is 17.0 Å². The fraction of sp³-hybridized carbons (Fsp3) is 0.722. The number of hydrogen-bond acceptors (Lipinski definition) is 4. The summed E-state index contributed by atoms with van der Waals surface area (Å²) in [6, 6.07) is 3.46. The molecule has 1 aromatic heterocycles. The van der Waals surface area contributed by atoms with Crippen LogP contribution in [0.4, 0.5) is 0 Å². The van der Waals surface area contributed by atoms with Gasteiger partial charge in [0.1, 0.15) is 4.21 Å². The van der Waals surface area contributed by atoms with E-state index < -0.39 is 10.0 Å². The van der Waals surface area contributed by atoms with Gasteiger partial charge in [-0.2, -0.15) is 4.31 Å². The average Bonchev–Trinajstić information content (AvgIpc) is 2.96. The van der Waals surface area contributed by atoms with Gasteiger partial charge in [0.2, 0.25) is 0 Å². The highest BCUT2D eigenvalue weighted by Crippen LogP contribution is 2.28. The molecule has 1 N–H and O–H groups in total. The summed E-state index contributed by atoms with van der Waals surface area (Å²) >= 11 is 1.09. The van der Waals surface area contributed by atoms with Gasteiger partial charge in [-0.1, -0.05) is 32.6 Å². The van der Waals surface area contributed by atoms with Gasteiger partial charge in [-0.25, -0.2) is 8.42 Å². The standard InChI is InChI=1S/C18H28N2O3S2/c1-14-10-12-20(13-11-14)25(22,23)17-9-8-16(24-17)18(21)19-15-6-4-2-3-5-7-15/h8-9,14-15H,2-7,10-13H2,1H3,(H,19,21). The molecule has 1 aliphatic carbocycles. The van der Waals surface area contributed by atoms with Crippen LogP contribution in [-0.4, -0.2) is 37.8 Å². The molecule has 1 aliphatic heterocycles. The smallest absolute Gasteiger partial charge is 0.261 e. The predicted octanol–water partition coefficient (Wildman–Crippen LogP) is 3.62. The topological polar surface area (TPSA) is 66.5 Å². The van der Waals surface area contributed by atoms with Crippen LogP contribution in [-0.2, 0) is 10.0 Å². The molecule has 1 saturated heterocycles. The lowest BCUT2D eigenvalue weighted by Gasteiger charge is -2.28. The number of hydrogen-bond donors (Lipinski definition) is 1. The molecule has 0 unspecified atom stereocenters. The first-order chi connectivity index (χ1) is 12.0. The lowest BCUT2D eigenvalue weighted by atomic mass is 10.0. The van der Waals surface area contributed by atoms with Gasteiger partial charge in [-0.05, 0) is 43.7 Å². The van der Waals surface area contributed by atoms with E-state index in [-0.39, 0.29) is 16.2 Å². The Balaban J connectivity index is 1.65. The number of piperidine rings is 1. The maximum Gasteiger partial charge on any atom is 0.261 e. The molecule has 0 bridgehead atoms. The van der Waals surface area contributed by atoms with Crippen molar-refractivity contribution in [2.24, 2.45) is 5.92 Å². The number of nitrogens with zero attached hydrogens (tertiary/aromatic N) is 1. The third-order valence-electron chi connectivity index (χ3n) is 5.33. The van der Waals surface area contributed by atoms with Gasteiger partial charge in [-0.3, -0.25) is 4.79 Å². The molecule has 0 radical (unpaired) electrons. The van der Waals surface area contributed by atoms with Gasteiger partial charge in [0, 0.05) is 19.1 Å². The molecule has 3 rings (SSSR count). The van der Waals surface area contributed by atoms with Gasteiger partial charge in [0.05, 0.1) is 4.88 Å². The van der Waals surface area contributed by atoms with E-state index in [9.17, 15) is 13.2 Å². The van der Waals surface area contributed by atoms with E-state index in [1.807, 2.05) is 0 Å². The largest absolute Gasteiger partial charge is 0.349 e. The fourth-order valence-corrected chi connectivity index (χ4v) is 6.45. The van der Waals surface area contributed by atoms with Crippen molar-refractivity contribution in [2.45, 2.75) is 68.5 Å². The summed E-state index contributed by atoms with van der Waals surface area (Å²) in [6.07, 6.45) is 8.64. The highest BCUT2D eigenvalue weighted by Gasteiger charge is 2.30. The highest BCUT2D eigenvalue weighted by molar-refractivity contribution is 7.91. The van der Waals surface area contributed by atoms with E-state index in [2.05, 4.69) is 12.2 Å². The second kappa shape index (κ2) is 8.18. The van der Waals surface area contributed by atoms with E-state index in [0.717, 1.165) is 49.9 Å². The minimum absolute atomic E-state index is 0.134. The Labute approximate surface area is 154 Å². The Morgan fingerprint density at radius 2 is 1.72 bits per heavy atom. The van der Waals surface area contributed by atoms with Gasteiger partial charge in [-0.15, -0.1) is 11.3 Å². The number of thiophene rings is 1. The van der Waals surface area contributed by atoms with E-state index in [4.69, 9.17) is 0 Å². The molecule has 1 aromatic rings. The van der Waals surface area contributed by atoms with E-state index in [0.29, 0.717) is 23.9 Å². The van der Waals surface area contributed by atoms with Crippen LogP contribution in [0.15, 0.2) is 16.3 Å². The van der Waals surface area contributed by atoms with Gasteiger partial charge < -0.3 is 5.32 Å². The summed E-state index contributed by atoms with van der Waals surface area (Å²) in [5, 5.41) is 3.09. The van der Waals surface area contributed by atoms with E-state index >= 15 is 0 Å². The quantitative estimate of drug-likeness (QED) is 0.806. The molecule has 0 atom stereocenters. The Kier molecular flexibility index (Phi) is 6.17. The first-order valence-electron chi connectivity index (χ1n) is 9.37. The molecule has 140 valence electrons. The first kappa shape index (κ1) is 18.9. The van der Waals surface area contributed by atoms with Crippen LogP contribution in [0.5, 0.6) is 0 Å². The van der Waals surface area contributed by atoms with Crippen molar-refractivity contribution in [3.8, 4) is 0 Å². The Morgan fingerprint density at radius 3 is 2.36 bits per heavy atom. The molecule has 2 fully saturated rings. The summed E-state index contributed by atoms with van der Waals surface area (Å²) in [4.78, 5) is 13.0. The lowest BCUT2D eigenvalue weighted by Crippen LogP contribution is -2.37. The molecule has 0 aromatic carbocycles. The maximum atomic E-state index is 12.8. The zero-order chi connectivity index (χ0) is 17.9. The number of nitrogens with one attached hydrogen (secondary N) is 1. The SMILES string of the molecule is CC1CCN(S(=O)(=O)c2ccc(C(=O)NC3CCCCCC3)s2)CC1. The van der Waals surface area contributed by atoms with Gasteiger partial charge >= 0.3 is 0 Å². The van der Waals surface area contributed by atoms with Crippen molar-refractivity contribution < 1.29 is 13.2 Å². The average molecular weight is 385 g/mol. The molecule has 5 nitrogen and oxygen atoms in total. The molecule has 2 heterocycles. The van der Waals surface area contributed by atoms with Crippen LogP contribution in [0.2, 0.25) is 0 Å². The van der Waals surface area contributed by atoms with Crippen LogP contribution >= 0.6 is 11.3 Å². The Morgan fingerprint density at radius 1 is 1.08 bits per heavy atom. The van der Waals surface area contributed by atoms with Crippen LogP contribution in [0.3, 0.4) is 0 Å². The van der Waals surface area contributed by atoms with Gasteiger partial charge in [0.15, 0.2) is 0 Å². The summed E-state index contributed by atoms with van der Waals surface area (Å²) < 4.78 is 27.4. The van der Waals surface area contributed by atoms with Crippen LogP contribution < -0.4 is 5.32 Å². The van der Waals surface area contributed by atoms with Crippen molar-refractivity contribution in [1.82, 2.24) is 9.62 Å². The number of carbonyl (C=O) groups is 1. The molecule has 1 saturated carbocycles.